The summed E-state index contributed by atoms with van der Waals surface area (Å²) in [7, 11) is 0. The Kier molecular flexibility index (Phi) is 11.4. The van der Waals surface area contributed by atoms with E-state index >= 15 is 0 Å². The number of carbonyl (C=O) groups is 6. The maximum Gasteiger partial charge on any atom is 0.336 e. The number of hydrogen-bond donors (Lipinski definition) is 5. The Bertz CT molecular complexity index is 937. The Morgan fingerprint density at radius 1 is 0.735 bits per heavy atom. The monoisotopic (exact) mass is 482 g/mol. The number of hydrogen-bond acceptors (Lipinski definition) is 9. The molecule has 0 aliphatic rings. The summed E-state index contributed by atoms with van der Waals surface area (Å²) in [6.07, 6.45) is -0.882. The number of rotatable bonds is 10. The van der Waals surface area contributed by atoms with Crippen LogP contribution in [-0.4, -0.2) is 80.7 Å². The smallest absolute Gasteiger partial charge is 0.336 e. The van der Waals surface area contributed by atoms with E-state index in [2.05, 4.69) is 13.2 Å². The predicted octanol–water partition coefficient (Wildman–Crippen LogP) is 1.07. The van der Waals surface area contributed by atoms with E-state index in [9.17, 15) is 28.8 Å². The van der Waals surface area contributed by atoms with Crippen molar-refractivity contribution in [1.29, 1.82) is 0 Å². The molecule has 5 N–H and O–H groups in total. The second-order valence-electron chi connectivity index (χ2n) is 6.53. The molecule has 0 aliphatic carbocycles. The lowest BCUT2D eigenvalue weighted by Crippen LogP contribution is -2.28. The largest absolute Gasteiger partial charge is 0.478 e. The summed E-state index contributed by atoms with van der Waals surface area (Å²) in [4.78, 5) is 65.2. The minimum atomic E-state index is -1.66. The zero-order chi connectivity index (χ0) is 26.7. The van der Waals surface area contributed by atoms with E-state index in [0.29, 0.717) is 12.1 Å². The van der Waals surface area contributed by atoms with Crippen molar-refractivity contribution < 1.29 is 63.8 Å². The minimum Gasteiger partial charge on any atom is -0.478 e. The van der Waals surface area contributed by atoms with Crippen LogP contribution >= 0.6 is 0 Å². The van der Waals surface area contributed by atoms with Gasteiger partial charge in [0.2, 0.25) is 0 Å². The fraction of sp³-hybridized carbons (Fsp3) is 0.238. The van der Waals surface area contributed by atoms with E-state index in [4.69, 9.17) is 35.0 Å². The van der Waals surface area contributed by atoms with E-state index < -0.39 is 70.8 Å². The van der Waals surface area contributed by atoms with Crippen molar-refractivity contribution in [2.24, 2.45) is 0 Å². The number of carbonyl (C=O) groups excluding carboxylic acids is 2. The molecule has 184 valence electrons. The van der Waals surface area contributed by atoms with Crippen molar-refractivity contribution >= 4 is 35.8 Å². The van der Waals surface area contributed by atoms with Crippen molar-refractivity contribution in [1.82, 2.24) is 0 Å². The Morgan fingerprint density at radius 2 is 1.06 bits per heavy atom. The summed E-state index contributed by atoms with van der Waals surface area (Å²) in [5.41, 5.74) is -2.70. The normalized spacial score (nSPS) is 10.6. The number of carboxylic acid groups (broad SMARTS) is 4. The van der Waals surface area contributed by atoms with Crippen molar-refractivity contribution in [3.05, 3.63) is 58.7 Å². The maximum atomic E-state index is 11.1. The molecule has 0 spiro atoms. The van der Waals surface area contributed by atoms with Gasteiger partial charge in [0.05, 0.1) is 28.9 Å². The van der Waals surface area contributed by atoms with Gasteiger partial charge in [-0.25, -0.2) is 28.8 Å². The van der Waals surface area contributed by atoms with Crippen LogP contribution in [0.5, 0.6) is 0 Å². The highest BCUT2D eigenvalue weighted by Gasteiger charge is 2.25. The van der Waals surface area contributed by atoms with Gasteiger partial charge in [-0.3, -0.25) is 0 Å². The van der Waals surface area contributed by atoms with Crippen molar-refractivity contribution in [2.75, 3.05) is 13.2 Å². The average molecular weight is 482 g/mol. The Hall–Kier alpha value is -4.52. The van der Waals surface area contributed by atoms with Crippen LogP contribution in [-0.2, 0) is 19.1 Å². The first-order valence-corrected chi connectivity index (χ1v) is 9.05. The van der Waals surface area contributed by atoms with Gasteiger partial charge in [0.25, 0.3) is 0 Å². The number of aliphatic hydroxyl groups excluding tert-OH is 1. The molecule has 1 atom stereocenters. The van der Waals surface area contributed by atoms with E-state index in [1.807, 2.05) is 0 Å². The highest BCUT2D eigenvalue weighted by molar-refractivity contribution is 6.09. The summed E-state index contributed by atoms with van der Waals surface area (Å²) >= 11 is 0. The lowest BCUT2D eigenvalue weighted by Gasteiger charge is -2.15. The van der Waals surface area contributed by atoms with E-state index in [1.54, 1.807) is 0 Å². The van der Waals surface area contributed by atoms with Crippen LogP contribution in [0.2, 0.25) is 0 Å². The minimum absolute atomic E-state index is 0.207. The molecule has 0 amide bonds. The van der Waals surface area contributed by atoms with Crippen LogP contribution < -0.4 is 0 Å². The van der Waals surface area contributed by atoms with E-state index in [1.165, 1.54) is 13.8 Å². The molecule has 0 fully saturated rings. The summed E-state index contributed by atoms with van der Waals surface area (Å²) in [5, 5.41) is 43.9. The number of aliphatic hydroxyl groups is 1. The predicted molar refractivity (Wildman–Crippen MR) is 112 cm³/mol. The maximum absolute atomic E-state index is 11.1. The quantitative estimate of drug-likeness (QED) is 0.233. The first kappa shape index (κ1) is 29.5. The molecule has 13 nitrogen and oxygen atoms in total. The third-order valence-electron chi connectivity index (χ3n) is 3.65. The first-order chi connectivity index (χ1) is 15.6. The molecule has 0 aliphatic heterocycles. The molecule has 0 radical (unpaired) electrons. The summed E-state index contributed by atoms with van der Waals surface area (Å²) < 4.78 is 9.53. The topological polar surface area (TPSA) is 222 Å². The van der Waals surface area contributed by atoms with Gasteiger partial charge >= 0.3 is 35.8 Å². The Balaban J connectivity index is 0.000000646. The molecule has 0 heterocycles. The van der Waals surface area contributed by atoms with Gasteiger partial charge in [-0.15, -0.1) is 0 Å². The Labute approximate surface area is 192 Å². The van der Waals surface area contributed by atoms with Gasteiger partial charge < -0.3 is 35.0 Å². The molecule has 0 aromatic heterocycles. The van der Waals surface area contributed by atoms with Crippen LogP contribution in [0.4, 0.5) is 0 Å². The molecular weight excluding hydrogens is 460 g/mol. The second-order valence-corrected chi connectivity index (χ2v) is 6.53. The van der Waals surface area contributed by atoms with Gasteiger partial charge in [0.15, 0.2) is 6.10 Å². The number of esters is 2. The summed E-state index contributed by atoms with van der Waals surface area (Å²) in [5.74, 6) is -7.87. The fourth-order valence-electron chi connectivity index (χ4n) is 1.98. The lowest BCUT2D eigenvalue weighted by molar-refractivity contribution is -0.156. The van der Waals surface area contributed by atoms with Crippen LogP contribution in [0.15, 0.2) is 36.4 Å². The number of carboxylic acids is 4. The number of aromatic carboxylic acids is 4. The van der Waals surface area contributed by atoms with Crippen LogP contribution in [0.1, 0.15) is 55.3 Å². The first-order valence-electron chi connectivity index (χ1n) is 9.05. The van der Waals surface area contributed by atoms with Gasteiger partial charge in [-0.1, -0.05) is 13.2 Å². The molecule has 0 bridgehead atoms. The molecule has 13 heteroatoms. The molecule has 1 aromatic rings. The third-order valence-corrected chi connectivity index (χ3v) is 3.65. The SMILES string of the molecule is C=C(C)C(=O)OCC(CO)OC(=O)C(=C)C.O=C(O)c1cc(C(=O)O)c(C(=O)O)cc1C(=O)O. The zero-order valence-electron chi connectivity index (χ0n) is 18.1. The van der Waals surface area contributed by atoms with Crippen molar-refractivity contribution in [3.63, 3.8) is 0 Å². The van der Waals surface area contributed by atoms with Crippen molar-refractivity contribution in [3.8, 4) is 0 Å². The number of ether oxygens (including phenoxy) is 2. The van der Waals surface area contributed by atoms with Gasteiger partial charge in [-0.2, -0.15) is 0 Å². The third kappa shape index (κ3) is 8.92. The summed E-state index contributed by atoms with van der Waals surface area (Å²) in [6.45, 7) is 9.12. The molecule has 0 saturated heterocycles. The second kappa shape index (κ2) is 13.1. The average Bonchev–Trinajstić information content (AvgIpc) is 2.74. The van der Waals surface area contributed by atoms with Crippen LogP contribution in [0, 0.1) is 0 Å². The molecule has 1 rings (SSSR count). The Morgan fingerprint density at radius 3 is 1.29 bits per heavy atom. The zero-order valence-corrected chi connectivity index (χ0v) is 18.1. The van der Waals surface area contributed by atoms with Gasteiger partial charge in [-0.05, 0) is 26.0 Å². The molecular formula is C21H22O13. The highest BCUT2D eigenvalue weighted by atomic mass is 16.6. The van der Waals surface area contributed by atoms with Gasteiger partial charge in [0, 0.05) is 11.1 Å². The van der Waals surface area contributed by atoms with Crippen LogP contribution in [0.3, 0.4) is 0 Å². The molecule has 34 heavy (non-hydrogen) atoms. The standard InChI is InChI=1S/C11H16O5.C10H6O8/c1-7(2)10(13)15-6-9(5-12)16-11(14)8(3)4;11-7(12)3-1-4(8(13)14)6(10(17)18)2-5(3)9(15)16/h9,12H,1,3,5-6H2,2,4H3;1-2H,(H,11,12)(H,13,14)(H,15,16)(H,17,18). The summed E-state index contributed by atoms with van der Waals surface area (Å²) in [6, 6.07) is 1.02. The van der Waals surface area contributed by atoms with Crippen LogP contribution in [0.25, 0.3) is 0 Å². The molecule has 1 aromatic carbocycles. The molecule has 0 saturated carbocycles. The van der Waals surface area contributed by atoms with E-state index in [-0.39, 0.29) is 17.8 Å². The molecule has 1 unspecified atom stereocenters. The van der Waals surface area contributed by atoms with Crippen molar-refractivity contribution in [2.45, 2.75) is 20.0 Å². The van der Waals surface area contributed by atoms with E-state index in [0.717, 1.165) is 0 Å². The lowest BCUT2D eigenvalue weighted by atomic mass is 9.98. The highest BCUT2D eigenvalue weighted by Crippen LogP contribution is 2.18. The van der Waals surface area contributed by atoms with Gasteiger partial charge in [0.1, 0.15) is 6.61 Å². The fourth-order valence-corrected chi connectivity index (χ4v) is 1.98. The number of benzene rings is 1.